The maximum Gasteiger partial charge on any atom is 0.317 e. The number of hydrogen-bond donors (Lipinski definition) is 3. The minimum Gasteiger partial charge on any atom is -0.497 e. The van der Waals surface area contributed by atoms with E-state index in [0.717, 1.165) is 17.6 Å². The summed E-state index contributed by atoms with van der Waals surface area (Å²) in [5.74, 6) is 1.23. The second kappa shape index (κ2) is 5.52. The first-order valence-corrected chi connectivity index (χ1v) is 6.19. The summed E-state index contributed by atoms with van der Waals surface area (Å²) in [4.78, 5) is 14.5. The number of aromatic amines is 2. The molecule has 0 saturated heterocycles. The Morgan fingerprint density at radius 3 is 2.73 bits per heavy atom. The zero-order valence-electron chi connectivity index (χ0n) is 11.4. The summed E-state index contributed by atoms with van der Waals surface area (Å²) in [5.41, 5.74) is 0.748. The first-order valence-electron chi connectivity index (χ1n) is 6.19. The molecule has 2 aromatic heterocycles. The summed E-state index contributed by atoms with van der Waals surface area (Å²) in [7, 11) is 1.58. The zero-order valence-corrected chi connectivity index (χ0v) is 11.4. The van der Waals surface area contributed by atoms with E-state index in [1.54, 1.807) is 31.4 Å². The molecule has 0 spiro atoms. The van der Waals surface area contributed by atoms with Crippen LogP contribution in [0, 0.1) is 10.1 Å². The number of nitrogens with zero attached hydrogens (tertiary/aromatic N) is 4. The average molecular weight is 301 g/mol. The number of ether oxygens (including phenoxy) is 1. The molecule has 3 aromatic rings. The molecular weight excluding hydrogens is 290 g/mol. The van der Waals surface area contributed by atoms with E-state index in [9.17, 15) is 10.1 Å². The summed E-state index contributed by atoms with van der Waals surface area (Å²) in [6, 6.07) is 7.17. The van der Waals surface area contributed by atoms with Crippen LogP contribution in [-0.2, 0) is 0 Å². The largest absolute Gasteiger partial charge is 0.497 e. The molecule has 0 fully saturated rings. The first kappa shape index (κ1) is 13.5. The number of nitrogens with one attached hydrogen (secondary N) is 3. The molecule has 1 aromatic carbocycles. The van der Waals surface area contributed by atoms with Crippen LogP contribution in [0.15, 0.2) is 30.5 Å². The molecule has 3 rings (SSSR count). The molecule has 0 aliphatic heterocycles. The standard InChI is InChI=1S/C12H11N7O3/c1-22-8-4-2-7(3-5-8)14-12-15-11(17-18-12)10-9(19(20)21)6-13-16-10/h2-6H,1H3,(H,13,16)(H2,14,15,17,18). The predicted molar refractivity (Wildman–Crippen MR) is 76.9 cm³/mol. The third-order valence-corrected chi connectivity index (χ3v) is 2.88. The Morgan fingerprint density at radius 1 is 1.27 bits per heavy atom. The Kier molecular flexibility index (Phi) is 3.40. The normalized spacial score (nSPS) is 10.4. The monoisotopic (exact) mass is 301 g/mol. The van der Waals surface area contributed by atoms with Crippen LogP contribution in [0.3, 0.4) is 0 Å². The van der Waals surface area contributed by atoms with Gasteiger partial charge in [0.25, 0.3) is 0 Å². The molecular formula is C12H11N7O3. The van der Waals surface area contributed by atoms with Gasteiger partial charge in [0, 0.05) is 5.69 Å². The Labute approximate surface area is 123 Å². The fraction of sp³-hybridized carbons (Fsp3) is 0.0833. The highest BCUT2D eigenvalue weighted by Gasteiger charge is 2.20. The van der Waals surface area contributed by atoms with Crippen molar-refractivity contribution in [2.45, 2.75) is 0 Å². The molecule has 22 heavy (non-hydrogen) atoms. The fourth-order valence-electron chi connectivity index (χ4n) is 1.83. The lowest BCUT2D eigenvalue weighted by Crippen LogP contribution is -1.93. The lowest BCUT2D eigenvalue weighted by Gasteiger charge is -2.03. The number of nitro groups is 1. The summed E-state index contributed by atoms with van der Waals surface area (Å²) in [6.07, 6.45) is 1.12. The second-order valence-corrected chi connectivity index (χ2v) is 4.25. The first-order chi connectivity index (χ1) is 10.7. The van der Waals surface area contributed by atoms with Gasteiger partial charge in [0.2, 0.25) is 5.95 Å². The topological polar surface area (TPSA) is 135 Å². The summed E-state index contributed by atoms with van der Waals surface area (Å²) in [5, 5.41) is 26.6. The lowest BCUT2D eigenvalue weighted by molar-refractivity contribution is -0.384. The number of rotatable bonds is 5. The molecule has 3 N–H and O–H groups in total. The van der Waals surface area contributed by atoms with Gasteiger partial charge in [-0.15, -0.1) is 5.10 Å². The van der Waals surface area contributed by atoms with Crippen LogP contribution in [0.2, 0.25) is 0 Å². The van der Waals surface area contributed by atoms with Crippen molar-refractivity contribution in [3.05, 3.63) is 40.6 Å². The summed E-state index contributed by atoms with van der Waals surface area (Å²) in [6.45, 7) is 0. The van der Waals surface area contributed by atoms with Crippen LogP contribution in [0.25, 0.3) is 11.5 Å². The number of hydrogen-bond acceptors (Lipinski definition) is 7. The Bertz CT molecular complexity index is 793. The van der Waals surface area contributed by atoms with Crippen LogP contribution < -0.4 is 10.1 Å². The molecule has 0 saturated carbocycles. The number of benzene rings is 1. The predicted octanol–water partition coefficient (Wildman–Crippen LogP) is 1.86. The van der Waals surface area contributed by atoms with Crippen molar-refractivity contribution < 1.29 is 9.66 Å². The highest BCUT2D eigenvalue weighted by Crippen LogP contribution is 2.25. The van der Waals surface area contributed by atoms with Crippen LogP contribution in [0.1, 0.15) is 0 Å². The van der Waals surface area contributed by atoms with E-state index >= 15 is 0 Å². The van der Waals surface area contributed by atoms with Gasteiger partial charge in [-0.25, -0.2) is 0 Å². The molecule has 0 amide bonds. The number of methoxy groups -OCH3 is 1. The van der Waals surface area contributed by atoms with Gasteiger partial charge in [-0.3, -0.25) is 20.3 Å². The molecule has 10 nitrogen and oxygen atoms in total. The van der Waals surface area contributed by atoms with E-state index in [2.05, 4.69) is 30.7 Å². The van der Waals surface area contributed by atoms with Gasteiger partial charge in [0.05, 0.1) is 12.0 Å². The van der Waals surface area contributed by atoms with Crippen LogP contribution in [-0.4, -0.2) is 37.4 Å². The van der Waals surface area contributed by atoms with Crippen LogP contribution >= 0.6 is 0 Å². The SMILES string of the molecule is COc1ccc(Nc2n[nH]c(-c3[nH]ncc3[N+](=O)[O-])n2)cc1. The van der Waals surface area contributed by atoms with Crippen LogP contribution in [0.4, 0.5) is 17.3 Å². The maximum absolute atomic E-state index is 10.9. The minimum absolute atomic E-state index is 0.167. The highest BCUT2D eigenvalue weighted by atomic mass is 16.6. The van der Waals surface area contributed by atoms with Crippen molar-refractivity contribution >= 4 is 17.3 Å². The van der Waals surface area contributed by atoms with Crippen molar-refractivity contribution in [1.29, 1.82) is 0 Å². The quantitative estimate of drug-likeness (QED) is 0.483. The van der Waals surface area contributed by atoms with Crippen molar-refractivity contribution in [3.8, 4) is 17.3 Å². The smallest absolute Gasteiger partial charge is 0.317 e. The molecule has 10 heteroatoms. The highest BCUT2D eigenvalue weighted by molar-refractivity contribution is 5.64. The molecule has 0 unspecified atom stereocenters. The second-order valence-electron chi connectivity index (χ2n) is 4.25. The molecule has 0 bridgehead atoms. The van der Waals surface area contributed by atoms with Crippen LogP contribution in [0.5, 0.6) is 5.75 Å². The van der Waals surface area contributed by atoms with Gasteiger partial charge >= 0.3 is 5.69 Å². The molecule has 0 radical (unpaired) electrons. The number of H-pyrrole nitrogens is 2. The van der Waals surface area contributed by atoms with E-state index in [0.29, 0.717) is 0 Å². The van der Waals surface area contributed by atoms with E-state index < -0.39 is 4.92 Å². The maximum atomic E-state index is 10.9. The van der Waals surface area contributed by atoms with E-state index in [4.69, 9.17) is 4.74 Å². The Balaban J connectivity index is 1.81. The van der Waals surface area contributed by atoms with Crippen molar-refractivity contribution in [2.75, 3.05) is 12.4 Å². The molecule has 112 valence electrons. The van der Waals surface area contributed by atoms with E-state index in [1.807, 2.05) is 0 Å². The summed E-state index contributed by atoms with van der Waals surface area (Å²) >= 11 is 0. The molecule has 0 atom stereocenters. The molecule has 2 heterocycles. The molecule has 0 aliphatic carbocycles. The van der Waals surface area contributed by atoms with Crippen molar-refractivity contribution in [3.63, 3.8) is 0 Å². The lowest BCUT2D eigenvalue weighted by atomic mass is 10.3. The van der Waals surface area contributed by atoms with Gasteiger partial charge in [0.1, 0.15) is 11.9 Å². The Morgan fingerprint density at radius 2 is 2.05 bits per heavy atom. The summed E-state index contributed by atoms with van der Waals surface area (Å²) < 4.78 is 5.07. The van der Waals surface area contributed by atoms with Gasteiger partial charge < -0.3 is 10.1 Å². The fourth-order valence-corrected chi connectivity index (χ4v) is 1.83. The van der Waals surface area contributed by atoms with Gasteiger partial charge in [-0.1, -0.05) is 0 Å². The third kappa shape index (κ3) is 2.57. The van der Waals surface area contributed by atoms with Gasteiger partial charge in [0.15, 0.2) is 11.5 Å². The van der Waals surface area contributed by atoms with Crippen molar-refractivity contribution in [1.82, 2.24) is 25.4 Å². The number of aromatic nitrogens is 5. The zero-order chi connectivity index (χ0) is 15.5. The number of anilines is 2. The van der Waals surface area contributed by atoms with Crippen molar-refractivity contribution in [2.24, 2.45) is 0 Å². The van der Waals surface area contributed by atoms with Gasteiger partial charge in [-0.2, -0.15) is 10.1 Å². The molecule has 0 aliphatic rings. The average Bonchev–Trinajstić information content (AvgIpc) is 3.16. The minimum atomic E-state index is -0.544. The Hall–Kier alpha value is -3.43. The third-order valence-electron chi connectivity index (χ3n) is 2.88. The van der Waals surface area contributed by atoms with E-state index in [1.165, 1.54) is 0 Å². The van der Waals surface area contributed by atoms with Gasteiger partial charge in [-0.05, 0) is 24.3 Å². The van der Waals surface area contributed by atoms with E-state index in [-0.39, 0.29) is 23.2 Å².